The lowest BCUT2D eigenvalue weighted by molar-refractivity contribution is -0.207. The molecule has 1 atom stereocenters. The number of methoxy groups -OCH3 is 1. The van der Waals surface area contributed by atoms with Crippen molar-refractivity contribution in [3.05, 3.63) is 77.4 Å². The van der Waals surface area contributed by atoms with E-state index in [-0.39, 0.29) is 0 Å². The molecule has 7 nitrogen and oxygen atoms in total. The van der Waals surface area contributed by atoms with E-state index in [4.69, 9.17) is 4.74 Å². The lowest BCUT2D eigenvalue weighted by atomic mass is 9.84. The van der Waals surface area contributed by atoms with Gasteiger partial charge >= 0.3 is 5.92 Å². The number of aromatic nitrogens is 5. The van der Waals surface area contributed by atoms with Crippen LogP contribution in [0.1, 0.15) is 16.8 Å². The maximum absolute atomic E-state index is 15.5. The van der Waals surface area contributed by atoms with Crippen LogP contribution in [0.4, 0.5) is 17.6 Å². The molecule has 1 N–H and O–H groups in total. The average molecular weight is 423 g/mol. The van der Waals surface area contributed by atoms with Crippen molar-refractivity contribution in [1.29, 1.82) is 0 Å². The SMILES string of the molecule is COC/C=C/c1ccc(C(F)(F)C(O)(Cn2cnnn2)c2ccc(F)cc2F)nc1. The van der Waals surface area contributed by atoms with Crippen LogP contribution < -0.4 is 0 Å². The summed E-state index contributed by atoms with van der Waals surface area (Å²) in [6, 6.07) is 4.31. The van der Waals surface area contributed by atoms with Gasteiger partial charge in [-0.2, -0.15) is 8.78 Å². The molecule has 3 aromatic rings. The highest BCUT2D eigenvalue weighted by atomic mass is 19.3. The molecule has 158 valence electrons. The Kier molecular flexibility index (Phi) is 6.22. The van der Waals surface area contributed by atoms with Crippen molar-refractivity contribution in [2.24, 2.45) is 0 Å². The minimum absolute atomic E-state index is 0.327. The van der Waals surface area contributed by atoms with Crippen LogP contribution >= 0.6 is 0 Å². The molecule has 0 amide bonds. The molecule has 0 aliphatic carbocycles. The monoisotopic (exact) mass is 423 g/mol. The summed E-state index contributed by atoms with van der Waals surface area (Å²) < 4.78 is 64.5. The zero-order chi connectivity index (χ0) is 21.8. The Hall–Kier alpha value is -3.18. The van der Waals surface area contributed by atoms with Crippen LogP contribution in [0.5, 0.6) is 0 Å². The van der Waals surface area contributed by atoms with Crippen molar-refractivity contribution < 1.29 is 27.4 Å². The molecular formula is C19H17F4N5O2. The Morgan fingerprint density at radius 3 is 2.60 bits per heavy atom. The zero-order valence-corrected chi connectivity index (χ0v) is 15.7. The van der Waals surface area contributed by atoms with Gasteiger partial charge in [-0.25, -0.2) is 13.5 Å². The molecule has 0 saturated carbocycles. The van der Waals surface area contributed by atoms with Gasteiger partial charge in [-0.15, -0.1) is 5.10 Å². The number of hydrogen-bond acceptors (Lipinski definition) is 6. The Balaban J connectivity index is 2.05. The highest BCUT2D eigenvalue weighted by molar-refractivity contribution is 5.48. The number of ether oxygens (including phenoxy) is 1. The molecule has 0 fully saturated rings. The van der Waals surface area contributed by atoms with E-state index < -0.39 is 41.0 Å². The number of halogens is 4. The fourth-order valence-corrected chi connectivity index (χ4v) is 2.85. The third-order valence-electron chi connectivity index (χ3n) is 4.36. The standard InChI is InChI=1S/C19H17F4N5O2/c1-30-8-2-3-13-4-7-17(24-10-13)19(22,23)18(29,11-28-12-25-26-27-28)15-6-5-14(20)9-16(15)21/h2-7,9-10,12,29H,8,11H2,1H3/b3-2+. The van der Waals surface area contributed by atoms with Crippen molar-refractivity contribution in [2.75, 3.05) is 13.7 Å². The summed E-state index contributed by atoms with van der Waals surface area (Å²) in [7, 11) is 1.51. The van der Waals surface area contributed by atoms with Gasteiger partial charge in [0.1, 0.15) is 23.7 Å². The Morgan fingerprint density at radius 2 is 2.00 bits per heavy atom. The van der Waals surface area contributed by atoms with Gasteiger partial charge in [0.2, 0.25) is 0 Å². The van der Waals surface area contributed by atoms with Crippen molar-refractivity contribution in [3.63, 3.8) is 0 Å². The summed E-state index contributed by atoms with van der Waals surface area (Å²) in [4.78, 5) is 3.74. The molecule has 0 aliphatic heterocycles. The number of nitrogens with zero attached hydrogens (tertiary/aromatic N) is 5. The van der Waals surface area contributed by atoms with E-state index in [0.717, 1.165) is 29.2 Å². The van der Waals surface area contributed by atoms with Crippen LogP contribution in [0.2, 0.25) is 0 Å². The van der Waals surface area contributed by atoms with Gasteiger partial charge in [-0.1, -0.05) is 18.2 Å². The third-order valence-corrected chi connectivity index (χ3v) is 4.36. The van der Waals surface area contributed by atoms with Crippen molar-refractivity contribution >= 4 is 6.08 Å². The second-order valence-electron chi connectivity index (χ2n) is 6.40. The molecule has 2 aromatic heterocycles. The second-order valence-corrected chi connectivity index (χ2v) is 6.40. The molecule has 3 rings (SSSR count). The van der Waals surface area contributed by atoms with E-state index in [2.05, 4.69) is 20.5 Å². The zero-order valence-electron chi connectivity index (χ0n) is 15.7. The summed E-state index contributed by atoms with van der Waals surface area (Å²) in [6.45, 7) is -0.583. The van der Waals surface area contributed by atoms with E-state index in [1.165, 1.54) is 19.4 Å². The molecule has 1 aromatic carbocycles. The number of pyridine rings is 1. The summed E-state index contributed by atoms with van der Waals surface area (Å²) in [5.41, 5.74) is -4.29. The molecule has 0 bridgehead atoms. The largest absolute Gasteiger partial charge is 0.381 e. The van der Waals surface area contributed by atoms with Crippen LogP contribution in [0.3, 0.4) is 0 Å². The highest BCUT2D eigenvalue weighted by Crippen LogP contribution is 2.46. The summed E-state index contributed by atoms with van der Waals surface area (Å²) in [6.07, 6.45) is 5.44. The van der Waals surface area contributed by atoms with Gasteiger partial charge < -0.3 is 9.84 Å². The predicted octanol–water partition coefficient (Wildman–Crippen LogP) is 2.69. The molecular weight excluding hydrogens is 406 g/mol. The first-order valence-corrected chi connectivity index (χ1v) is 8.66. The van der Waals surface area contributed by atoms with Crippen LogP contribution in [0, 0.1) is 11.6 Å². The summed E-state index contributed by atoms with van der Waals surface area (Å²) in [5.74, 6) is -6.41. The van der Waals surface area contributed by atoms with Crippen LogP contribution in [0.25, 0.3) is 6.08 Å². The van der Waals surface area contributed by atoms with E-state index in [9.17, 15) is 13.9 Å². The van der Waals surface area contributed by atoms with Crippen LogP contribution in [0.15, 0.2) is 48.9 Å². The smallest absolute Gasteiger partial charge is 0.323 e. The average Bonchev–Trinajstić information content (AvgIpc) is 3.21. The van der Waals surface area contributed by atoms with Gasteiger partial charge in [0.15, 0.2) is 5.60 Å². The van der Waals surface area contributed by atoms with Gasteiger partial charge in [0, 0.05) is 24.9 Å². The van der Waals surface area contributed by atoms with Gasteiger partial charge in [0.25, 0.3) is 0 Å². The Morgan fingerprint density at radius 1 is 1.20 bits per heavy atom. The van der Waals surface area contributed by atoms with Crippen LogP contribution in [-0.2, 0) is 22.8 Å². The second kappa shape index (κ2) is 8.67. The van der Waals surface area contributed by atoms with Crippen molar-refractivity contribution in [1.82, 2.24) is 25.2 Å². The number of rotatable bonds is 8. The third kappa shape index (κ3) is 4.21. The number of aliphatic hydroxyl groups is 1. The Labute approximate surface area is 168 Å². The molecule has 0 radical (unpaired) electrons. The fourth-order valence-electron chi connectivity index (χ4n) is 2.85. The fraction of sp³-hybridized carbons (Fsp3) is 0.263. The van der Waals surface area contributed by atoms with E-state index >= 15 is 8.78 Å². The number of tetrazole rings is 1. The summed E-state index contributed by atoms with van der Waals surface area (Å²) in [5, 5.41) is 21.2. The van der Waals surface area contributed by atoms with E-state index in [0.29, 0.717) is 18.2 Å². The van der Waals surface area contributed by atoms with Crippen molar-refractivity contribution in [2.45, 2.75) is 18.1 Å². The molecule has 0 spiro atoms. The lowest BCUT2D eigenvalue weighted by Crippen LogP contribution is -2.48. The van der Waals surface area contributed by atoms with E-state index in [1.807, 2.05) is 0 Å². The van der Waals surface area contributed by atoms with Gasteiger partial charge in [-0.05, 0) is 34.2 Å². The number of benzene rings is 1. The quantitative estimate of drug-likeness (QED) is 0.561. The highest BCUT2D eigenvalue weighted by Gasteiger charge is 2.57. The molecule has 0 saturated heterocycles. The number of alkyl halides is 2. The molecule has 0 aliphatic rings. The Bertz CT molecular complexity index is 1010. The first kappa shape index (κ1) is 21.5. The summed E-state index contributed by atoms with van der Waals surface area (Å²) >= 11 is 0. The lowest BCUT2D eigenvalue weighted by Gasteiger charge is -2.35. The topological polar surface area (TPSA) is 86.0 Å². The maximum atomic E-state index is 15.5. The van der Waals surface area contributed by atoms with Crippen molar-refractivity contribution in [3.8, 4) is 0 Å². The minimum atomic E-state index is -4.09. The number of hydrogen-bond donors (Lipinski definition) is 1. The molecule has 2 heterocycles. The minimum Gasteiger partial charge on any atom is -0.381 e. The molecule has 11 heteroatoms. The normalized spacial score (nSPS) is 14.2. The first-order valence-electron chi connectivity index (χ1n) is 8.66. The van der Waals surface area contributed by atoms with Crippen LogP contribution in [-0.4, -0.2) is 44.0 Å². The van der Waals surface area contributed by atoms with Gasteiger partial charge in [0.05, 0.1) is 13.2 Å². The molecule has 30 heavy (non-hydrogen) atoms. The first-order chi connectivity index (χ1) is 14.3. The molecule has 1 unspecified atom stereocenters. The predicted molar refractivity (Wildman–Crippen MR) is 97.1 cm³/mol. The maximum Gasteiger partial charge on any atom is 0.323 e. The van der Waals surface area contributed by atoms with Gasteiger partial charge in [-0.3, -0.25) is 4.98 Å². The van der Waals surface area contributed by atoms with E-state index in [1.54, 1.807) is 12.2 Å².